The first kappa shape index (κ1) is 18.0. The van der Waals surface area contributed by atoms with Gasteiger partial charge in [0.2, 0.25) is 0 Å². The molecule has 4 nitrogen and oxygen atoms in total. The number of amides is 1. The van der Waals surface area contributed by atoms with Gasteiger partial charge in [-0.2, -0.15) is 5.10 Å². The van der Waals surface area contributed by atoms with Gasteiger partial charge in [-0.3, -0.25) is 14.8 Å². The molecule has 0 saturated heterocycles. The molecule has 3 aromatic carbocycles. The lowest BCUT2D eigenvalue weighted by molar-refractivity contribution is 0.0989. The van der Waals surface area contributed by atoms with Crippen LogP contribution in [0.25, 0.3) is 11.3 Å². The summed E-state index contributed by atoms with van der Waals surface area (Å²) in [5.74, 6) is -0.112. The number of aromatic nitrogens is 2. The number of nitrogens with one attached hydrogen (secondary N) is 1. The fraction of sp³-hybridized carbons (Fsp3) is 0.0435. The first-order chi connectivity index (χ1) is 14.1. The number of carbonyl (C=O) groups is 1. The zero-order chi connectivity index (χ0) is 20.0. The molecule has 1 amide bonds. The maximum absolute atomic E-state index is 13.4. The van der Waals surface area contributed by atoms with Crippen molar-refractivity contribution in [3.8, 4) is 11.3 Å². The largest absolute Gasteiger partial charge is 0.295 e. The fourth-order valence-electron chi connectivity index (χ4n) is 3.79. The van der Waals surface area contributed by atoms with E-state index >= 15 is 0 Å². The van der Waals surface area contributed by atoms with Gasteiger partial charge in [-0.15, -0.1) is 0 Å². The molecular weight excluding hydrogens is 405 g/mol. The minimum Gasteiger partial charge on any atom is -0.295 e. The van der Waals surface area contributed by atoms with E-state index in [-0.39, 0.29) is 11.9 Å². The molecule has 1 aliphatic rings. The Morgan fingerprint density at radius 1 is 0.828 bits per heavy atom. The third-order valence-corrected chi connectivity index (χ3v) is 5.61. The van der Waals surface area contributed by atoms with Crippen LogP contribution in [0.15, 0.2) is 78.9 Å². The second-order valence-corrected chi connectivity index (χ2v) is 7.71. The summed E-state index contributed by atoms with van der Waals surface area (Å²) in [5.41, 5.74) is 4.77. The highest BCUT2D eigenvalue weighted by atomic mass is 35.5. The van der Waals surface area contributed by atoms with Crippen molar-refractivity contribution in [2.75, 3.05) is 4.90 Å². The number of benzene rings is 3. The highest BCUT2D eigenvalue weighted by Crippen LogP contribution is 2.45. The number of rotatable bonds is 3. The molecule has 0 unspecified atom stereocenters. The number of carbonyl (C=O) groups excluding carboxylic acids is 1. The first-order valence-corrected chi connectivity index (χ1v) is 9.87. The molecule has 142 valence electrons. The number of hydrogen-bond donors (Lipinski definition) is 1. The SMILES string of the molecule is O=C1c2[nH]nc(-c3ccc(Cl)cc3)c2[C@H](c2ccc(Cl)cc2)N1c1ccccc1. The second-order valence-electron chi connectivity index (χ2n) is 6.83. The third-order valence-electron chi connectivity index (χ3n) is 5.11. The summed E-state index contributed by atoms with van der Waals surface area (Å²) in [6, 6.07) is 24.4. The molecule has 5 rings (SSSR count). The molecule has 2 heterocycles. The number of halogens is 2. The van der Waals surface area contributed by atoms with Crippen LogP contribution in [0.4, 0.5) is 5.69 Å². The van der Waals surface area contributed by atoms with Crippen molar-refractivity contribution < 1.29 is 4.79 Å². The Morgan fingerprint density at radius 2 is 1.45 bits per heavy atom. The summed E-state index contributed by atoms with van der Waals surface area (Å²) < 4.78 is 0. The Bertz CT molecular complexity index is 1190. The third kappa shape index (κ3) is 3.01. The van der Waals surface area contributed by atoms with Gasteiger partial charge in [0.1, 0.15) is 5.69 Å². The van der Waals surface area contributed by atoms with Crippen LogP contribution in [0.5, 0.6) is 0 Å². The van der Waals surface area contributed by atoms with E-state index in [1.54, 1.807) is 4.90 Å². The Labute approximate surface area is 177 Å². The van der Waals surface area contributed by atoms with Crippen LogP contribution in [-0.4, -0.2) is 16.1 Å². The van der Waals surface area contributed by atoms with Crippen LogP contribution in [0, 0.1) is 0 Å². The van der Waals surface area contributed by atoms with Crippen molar-refractivity contribution in [2.45, 2.75) is 6.04 Å². The summed E-state index contributed by atoms with van der Waals surface area (Å²) in [6.07, 6.45) is 0. The number of nitrogens with zero attached hydrogens (tertiary/aromatic N) is 2. The zero-order valence-corrected chi connectivity index (χ0v) is 16.7. The number of para-hydroxylation sites is 1. The molecule has 1 aromatic heterocycles. The average molecular weight is 420 g/mol. The van der Waals surface area contributed by atoms with Gasteiger partial charge in [0, 0.05) is 26.9 Å². The van der Waals surface area contributed by atoms with E-state index in [9.17, 15) is 4.79 Å². The molecule has 1 aliphatic heterocycles. The Balaban J connectivity index is 1.72. The van der Waals surface area contributed by atoms with E-state index in [0.29, 0.717) is 15.7 Å². The summed E-state index contributed by atoms with van der Waals surface area (Å²) in [7, 11) is 0. The number of H-pyrrole nitrogens is 1. The molecule has 1 atom stereocenters. The molecule has 0 radical (unpaired) electrons. The van der Waals surface area contributed by atoms with E-state index < -0.39 is 0 Å². The molecule has 0 spiro atoms. The predicted octanol–water partition coefficient (Wildman–Crippen LogP) is 6.13. The minimum absolute atomic E-state index is 0.112. The summed E-state index contributed by atoms with van der Waals surface area (Å²) >= 11 is 12.2. The molecule has 0 aliphatic carbocycles. The molecule has 0 fully saturated rings. The molecule has 0 saturated carbocycles. The van der Waals surface area contributed by atoms with E-state index in [2.05, 4.69) is 10.2 Å². The molecule has 1 N–H and O–H groups in total. The normalized spacial score (nSPS) is 15.6. The van der Waals surface area contributed by atoms with Gasteiger partial charge in [0.25, 0.3) is 5.91 Å². The van der Waals surface area contributed by atoms with E-state index in [1.165, 1.54) is 0 Å². The molecule has 0 bridgehead atoms. The summed E-state index contributed by atoms with van der Waals surface area (Å²) in [5, 5.41) is 8.73. The monoisotopic (exact) mass is 419 g/mol. The van der Waals surface area contributed by atoms with Crippen LogP contribution >= 0.6 is 23.2 Å². The van der Waals surface area contributed by atoms with E-state index in [1.807, 2.05) is 78.9 Å². The van der Waals surface area contributed by atoms with Gasteiger partial charge in [0.15, 0.2) is 0 Å². The predicted molar refractivity (Wildman–Crippen MR) is 116 cm³/mol. The Hall–Kier alpha value is -3.08. The van der Waals surface area contributed by atoms with Gasteiger partial charge >= 0.3 is 0 Å². The fourth-order valence-corrected chi connectivity index (χ4v) is 4.04. The van der Waals surface area contributed by atoms with Gasteiger partial charge in [-0.25, -0.2) is 0 Å². The molecule has 29 heavy (non-hydrogen) atoms. The van der Waals surface area contributed by atoms with Gasteiger partial charge < -0.3 is 0 Å². The van der Waals surface area contributed by atoms with Crippen LogP contribution < -0.4 is 4.90 Å². The van der Waals surface area contributed by atoms with Crippen LogP contribution in [0.2, 0.25) is 10.0 Å². The van der Waals surface area contributed by atoms with Crippen molar-refractivity contribution in [3.05, 3.63) is 106 Å². The zero-order valence-electron chi connectivity index (χ0n) is 15.1. The smallest absolute Gasteiger partial charge is 0.277 e. The lowest BCUT2D eigenvalue weighted by atomic mass is 9.96. The Morgan fingerprint density at radius 3 is 2.10 bits per heavy atom. The van der Waals surface area contributed by atoms with Crippen LogP contribution in [0.3, 0.4) is 0 Å². The van der Waals surface area contributed by atoms with Crippen LogP contribution in [-0.2, 0) is 0 Å². The van der Waals surface area contributed by atoms with Gasteiger partial charge in [-0.05, 0) is 42.0 Å². The number of anilines is 1. The van der Waals surface area contributed by atoms with Gasteiger partial charge in [-0.1, -0.05) is 65.7 Å². The average Bonchev–Trinajstić information content (AvgIpc) is 3.29. The van der Waals surface area contributed by atoms with E-state index in [4.69, 9.17) is 23.2 Å². The molecular formula is C23H15Cl2N3O. The van der Waals surface area contributed by atoms with E-state index in [0.717, 1.165) is 28.1 Å². The highest BCUT2D eigenvalue weighted by Gasteiger charge is 2.42. The maximum Gasteiger partial charge on any atom is 0.277 e. The van der Waals surface area contributed by atoms with Crippen molar-refractivity contribution in [3.63, 3.8) is 0 Å². The number of aromatic amines is 1. The molecule has 4 aromatic rings. The lowest BCUT2D eigenvalue weighted by Gasteiger charge is -2.26. The first-order valence-electron chi connectivity index (χ1n) is 9.12. The van der Waals surface area contributed by atoms with Crippen molar-refractivity contribution in [1.29, 1.82) is 0 Å². The Kier molecular flexibility index (Phi) is 4.38. The number of fused-ring (bicyclic) bond motifs is 1. The highest BCUT2D eigenvalue weighted by molar-refractivity contribution is 6.30. The van der Waals surface area contributed by atoms with Gasteiger partial charge in [0.05, 0.1) is 11.7 Å². The summed E-state index contributed by atoms with van der Waals surface area (Å²) in [6.45, 7) is 0. The minimum atomic E-state index is -0.318. The summed E-state index contributed by atoms with van der Waals surface area (Å²) in [4.78, 5) is 15.2. The van der Waals surface area contributed by atoms with Crippen LogP contribution in [0.1, 0.15) is 27.7 Å². The maximum atomic E-state index is 13.4. The second kappa shape index (κ2) is 7.07. The van der Waals surface area contributed by atoms with Crippen molar-refractivity contribution >= 4 is 34.8 Å². The lowest BCUT2D eigenvalue weighted by Crippen LogP contribution is -2.29. The topological polar surface area (TPSA) is 49.0 Å². The molecule has 6 heteroatoms. The quantitative estimate of drug-likeness (QED) is 0.433. The van der Waals surface area contributed by atoms with Crippen molar-refractivity contribution in [1.82, 2.24) is 10.2 Å². The standard InChI is InChI=1S/C23H15Cl2N3O/c24-16-10-6-14(7-11-16)20-19-21(27-26-20)23(29)28(18-4-2-1-3-5-18)22(19)15-8-12-17(25)13-9-15/h1-13,22H,(H,26,27)/t22-/m0/s1. The number of hydrogen-bond acceptors (Lipinski definition) is 2. The van der Waals surface area contributed by atoms with Crippen molar-refractivity contribution in [2.24, 2.45) is 0 Å².